The zero-order valence-corrected chi connectivity index (χ0v) is 51.7. The van der Waals surface area contributed by atoms with Crippen LogP contribution in [-0.4, -0.2) is 139 Å². The number of nitrogens with zero attached hydrogens (tertiary/aromatic N) is 8. The highest BCUT2D eigenvalue weighted by Gasteiger charge is 2.19. The number of rotatable bonds is 26. The number of hydrogen-bond acceptors (Lipinski definition) is 20. The minimum absolute atomic E-state index is 0.00728. The quantitative estimate of drug-likeness (QED) is 0.0118. The Morgan fingerprint density at radius 3 is 1.36 bits per heavy atom. The Morgan fingerprint density at radius 2 is 0.955 bits per heavy atom. The monoisotopic (exact) mass is 1280 g/mol. The maximum absolute atomic E-state index is 12.3. The van der Waals surface area contributed by atoms with Crippen LogP contribution in [-0.2, 0) is 27.7 Å². The summed E-state index contributed by atoms with van der Waals surface area (Å²) in [4.78, 5) is 67.8. The number of ketones is 2. The van der Waals surface area contributed by atoms with Crippen molar-refractivity contribution in [2.24, 2.45) is 48.6 Å². The summed E-state index contributed by atoms with van der Waals surface area (Å²) in [6.45, 7) is 7.98. The number of aliphatic imine (C=N–C) groups is 4. The average molecular weight is 1280 g/mol. The fourth-order valence-corrected chi connectivity index (χ4v) is 7.87. The Balaban J connectivity index is 0.000000353. The van der Waals surface area contributed by atoms with Crippen molar-refractivity contribution in [1.82, 2.24) is 35.9 Å². The molecule has 0 saturated heterocycles. The fourth-order valence-electron chi connectivity index (χ4n) is 7.61. The van der Waals surface area contributed by atoms with Gasteiger partial charge in [-0.3, -0.25) is 29.4 Å². The van der Waals surface area contributed by atoms with E-state index in [4.69, 9.17) is 93.6 Å². The number of Topliss-reactive ketones (excluding diaryl/α,β-unsaturated/α-hetero) is 2. The molecule has 0 saturated carbocycles. The molecule has 32 heteroatoms. The SMILES string of the molecule is CC(C)(C)OC(=O)NC(N)=NCCCOc1ccc2cc(CCCCNC(N)=NCC(=O)c3nc(Cl)c(N)nc3N)ccc2c1.CS(=O)(=O)O.NC(N)=NCCCOc1ccc2cc(CCCCNC(N)=NCC(=O)c3nc(Cl)c(N)nc3N)ccc2c1. The number of aryl methyl sites for hydroxylation is 2. The molecule has 0 aliphatic carbocycles. The fraction of sp³-hybridized carbons (Fsp3) is 0.375. The van der Waals surface area contributed by atoms with Crippen molar-refractivity contribution in [3.05, 3.63) is 106 Å². The summed E-state index contributed by atoms with van der Waals surface area (Å²) < 4.78 is 42.7. The molecule has 2 aromatic heterocycles. The van der Waals surface area contributed by atoms with Crippen molar-refractivity contribution in [2.45, 2.75) is 77.7 Å². The number of alkyl carbamates (subject to hydrolysis) is 1. The molecule has 0 radical (unpaired) electrons. The molecule has 0 spiro atoms. The van der Waals surface area contributed by atoms with Gasteiger partial charge in [0.15, 0.2) is 68.8 Å². The van der Waals surface area contributed by atoms with Gasteiger partial charge in [0, 0.05) is 39.0 Å². The number of halogens is 2. The highest BCUT2D eigenvalue weighted by atomic mass is 35.5. The van der Waals surface area contributed by atoms with E-state index in [9.17, 15) is 22.8 Å². The van der Waals surface area contributed by atoms with Gasteiger partial charge in [0.05, 0.1) is 19.5 Å². The number of benzene rings is 4. The second kappa shape index (κ2) is 35.4. The number of guanidine groups is 4. The topological polar surface area (TPSA) is 505 Å². The maximum atomic E-state index is 12.3. The van der Waals surface area contributed by atoms with Crippen LogP contribution in [0.3, 0.4) is 0 Å². The molecule has 0 atom stereocenters. The molecule has 6 aromatic rings. The molecule has 0 fully saturated rings. The summed E-state index contributed by atoms with van der Waals surface area (Å²) in [6, 6.07) is 24.8. The van der Waals surface area contributed by atoms with Gasteiger partial charge < -0.3 is 76.4 Å². The first-order valence-electron chi connectivity index (χ1n) is 27.4. The van der Waals surface area contributed by atoms with E-state index < -0.39 is 33.4 Å². The molecule has 4 aromatic carbocycles. The molecule has 0 aliphatic rings. The maximum Gasteiger partial charge on any atom is 0.414 e. The average Bonchev–Trinajstić information content (AvgIpc) is 3.35. The third-order valence-electron chi connectivity index (χ3n) is 11.6. The third-order valence-corrected chi connectivity index (χ3v) is 12.2. The van der Waals surface area contributed by atoms with Gasteiger partial charge in [-0.15, -0.1) is 0 Å². The molecule has 1 amide bonds. The lowest BCUT2D eigenvalue weighted by Crippen LogP contribution is -2.40. The van der Waals surface area contributed by atoms with Gasteiger partial charge in [-0.2, -0.15) is 8.42 Å². The van der Waals surface area contributed by atoms with Crippen LogP contribution >= 0.6 is 23.2 Å². The van der Waals surface area contributed by atoms with Gasteiger partial charge in [-0.05, 0) is 116 Å². The van der Waals surface area contributed by atoms with Crippen LogP contribution in [0.15, 0.2) is 92.8 Å². The predicted molar refractivity (Wildman–Crippen MR) is 347 cm³/mol. The van der Waals surface area contributed by atoms with Crippen LogP contribution in [0, 0.1) is 0 Å². The molecule has 22 N–H and O–H groups in total. The largest absolute Gasteiger partial charge is 0.494 e. The van der Waals surface area contributed by atoms with Crippen molar-refractivity contribution in [1.29, 1.82) is 0 Å². The van der Waals surface area contributed by atoms with E-state index in [1.807, 2.05) is 30.3 Å². The zero-order chi connectivity index (χ0) is 65.0. The van der Waals surface area contributed by atoms with Gasteiger partial charge in [0.1, 0.15) is 30.2 Å². The molecule has 476 valence electrons. The van der Waals surface area contributed by atoms with Crippen molar-refractivity contribution in [2.75, 3.05) is 81.7 Å². The van der Waals surface area contributed by atoms with Gasteiger partial charge in [-0.25, -0.2) is 34.7 Å². The molecule has 29 nitrogen and oxygen atoms in total. The predicted octanol–water partition coefficient (Wildman–Crippen LogP) is 4.27. The lowest BCUT2D eigenvalue weighted by atomic mass is 10.0. The summed E-state index contributed by atoms with van der Waals surface area (Å²) in [5, 5.41) is 12.7. The number of hydrogen-bond donors (Lipinski definition) is 13. The van der Waals surface area contributed by atoms with Crippen LogP contribution in [0.5, 0.6) is 11.5 Å². The number of nitrogen functional groups attached to an aromatic ring is 4. The van der Waals surface area contributed by atoms with Crippen LogP contribution in [0.2, 0.25) is 10.3 Å². The first-order chi connectivity index (χ1) is 41.5. The molecule has 2 heterocycles. The van der Waals surface area contributed by atoms with Crippen molar-refractivity contribution in [3.8, 4) is 11.5 Å². The Labute approximate surface area is 519 Å². The summed E-state index contributed by atoms with van der Waals surface area (Å²) in [7, 11) is -3.67. The molecule has 0 aliphatic heterocycles. The highest BCUT2D eigenvalue weighted by molar-refractivity contribution is 7.85. The zero-order valence-electron chi connectivity index (χ0n) is 49.4. The van der Waals surface area contributed by atoms with E-state index in [1.54, 1.807) is 20.8 Å². The molecule has 0 unspecified atom stereocenters. The molecular weight excluding hydrogens is 1200 g/mol. The van der Waals surface area contributed by atoms with Crippen molar-refractivity contribution >= 4 is 120 Å². The van der Waals surface area contributed by atoms with E-state index in [0.717, 1.165) is 78.0 Å². The minimum atomic E-state index is -3.67. The van der Waals surface area contributed by atoms with Crippen LogP contribution in [0.1, 0.15) is 91.4 Å². The number of carbonyl (C=O) groups is 3. The standard InChI is InChI=1S/C30H41ClN10O4.C25H33ClN10O2.CH4O3S/c1-30(2,3)45-29(43)41-28(35)37-13-6-14-44-21-11-10-19-15-18(8-9-20(19)16-21)7-4-5-12-36-27(34)38-17-22(42)23-25(32)40-26(33)24(31)39-23;26-21-23(28)36-22(27)20(35-21)19(37)14-34-25(31)33-9-2-1-4-15-5-6-17-13-18(8-7-16(17)12-15)38-11-3-10-32-24(29)30;1-5(2,3)4/h8-11,15-16H,4-7,12-14,17H2,1-3H3,(H4,32,33,40)(H3,34,36,38)(H3,35,37,41,43);5-8,12-13H,1-4,9-11,14H2,(H4,27,28,36)(H4,29,30,32)(H3,31,33,34);1H3,(H,2,3,4). The smallest absolute Gasteiger partial charge is 0.414 e. The lowest BCUT2D eigenvalue weighted by molar-refractivity contribution is 0.0562. The molecular formula is C56H78Cl2N20O9S. The number of carbonyl (C=O) groups excluding carboxylic acids is 3. The number of nitrogens with one attached hydrogen (secondary N) is 3. The first kappa shape index (κ1) is 71.2. The second-order valence-corrected chi connectivity index (χ2v) is 22.5. The van der Waals surface area contributed by atoms with Crippen LogP contribution in [0.25, 0.3) is 21.5 Å². The van der Waals surface area contributed by atoms with E-state index in [0.29, 0.717) is 52.1 Å². The lowest BCUT2D eigenvalue weighted by Gasteiger charge is -2.19. The number of aromatic nitrogens is 4. The summed E-state index contributed by atoms with van der Waals surface area (Å²) in [5.74, 6) is 0.757. The van der Waals surface area contributed by atoms with Gasteiger partial charge in [0.25, 0.3) is 10.1 Å². The molecule has 88 heavy (non-hydrogen) atoms. The van der Waals surface area contributed by atoms with Crippen LogP contribution in [0.4, 0.5) is 28.1 Å². The number of amides is 1. The van der Waals surface area contributed by atoms with Crippen LogP contribution < -0.4 is 77.0 Å². The van der Waals surface area contributed by atoms with E-state index in [1.165, 1.54) is 11.1 Å². The van der Waals surface area contributed by atoms with Crippen molar-refractivity contribution < 1.29 is 41.6 Å². The summed E-state index contributed by atoms with van der Waals surface area (Å²) in [5.41, 5.74) is 52.2. The Bertz CT molecular complexity index is 3580. The molecule has 6 rings (SSSR count). The number of fused-ring (bicyclic) bond motifs is 2. The van der Waals surface area contributed by atoms with E-state index in [2.05, 4.69) is 98.3 Å². The van der Waals surface area contributed by atoms with Crippen molar-refractivity contribution in [3.63, 3.8) is 0 Å². The van der Waals surface area contributed by atoms with Gasteiger partial charge in [0.2, 0.25) is 11.6 Å². The highest BCUT2D eigenvalue weighted by Crippen LogP contribution is 2.25. The Kier molecular flexibility index (Phi) is 28.6. The first-order valence-corrected chi connectivity index (χ1v) is 30.0. The Morgan fingerprint density at radius 1 is 0.557 bits per heavy atom. The van der Waals surface area contributed by atoms with Gasteiger partial charge in [-0.1, -0.05) is 71.7 Å². The van der Waals surface area contributed by atoms with E-state index >= 15 is 0 Å². The summed E-state index contributed by atoms with van der Waals surface area (Å²) >= 11 is 11.6. The Hall–Kier alpha value is -9.26. The molecule has 0 bridgehead atoms. The normalized spacial score (nSPS) is 11.8. The summed E-state index contributed by atoms with van der Waals surface area (Å²) in [6.07, 6.45) is 6.88. The minimum Gasteiger partial charge on any atom is -0.494 e. The second-order valence-electron chi connectivity index (χ2n) is 20.3. The van der Waals surface area contributed by atoms with Gasteiger partial charge >= 0.3 is 6.09 Å². The van der Waals surface area contributed by atoms with E-state index in [-0.39, 0.29) is 81.9 Å². The number of nitrogens with two attached hydrogens (primary N) is 9. The number of anilines is 4. The third kappa shape index (κ3) is 27.8. The number of ether oxygens (including phenoxy) is 3. The number of unbranched alkanes of at least 4 members (excludes halogenated alkanes) is 2.